The van der Waals surface area contributed by atoms with Crippen LogP contribution in [0.2, 0.25) is 0 Å². The van der Waals surface area contributed by atoms with Crippen LogP contribution in [0.5, 0.6) is 0 Å². The van der Waals surface area contributed by atoms with Gasteiger partial charge in [-0.1, -0.05) is 50.8 Å². The smallest absolute Gasteiger partial charge is 0.198 e. The standard InChI is InChI=1S/C18H19N3/c1-11(2)15-9-14(10-16-17(15)21-18(19)20-16)12(3)13-7-5-4-6-8-13/h4-11H,3H2,1-2H3,(H3,19,20,21). The van der Waals surface area contributed by atoms with E-state index in [1.54, 1.807) is 0 Å². The summed E-state index contributed by atoms with van der Waals surface area (Å²) in [7, 11) is 0. The maximum atomic E-state index is 5.81. The van der Waals surface area contributed by atoms with Gasteiger partial charge in [0, 0.05) is 0 Å². The Morgan fingerprint density at radius 3 is 2.52 bits per heavy atom. The maximum absolute atomic E-state index is 5.81. The number of aromatic amines is 1. The van der Waals surface area contributed by atoms with Crippen LogP contribution in [0, 0.1) is 0 Å². The third-order valence-electron chi connectivity index (χ3n) is 3.73. The van der Waals surface area contributed by atoms with E-state index in [0.29, 0.717) is 11.9 Å². The second kappa shape index (κ2) is 5.09. The van der Waals surface area contributed by atoms with Crippen LogP contribution in [-0.2, 0) is 0 Å². The lowest BCUT2D eigenvalue weighted by Crippen LogP contribution is -1.94. The van der Waals surface area contributed by atoms with Crippen molar-refractivity contribution in [2.75, 3.05) is 5.73 Å². The van der Waals surface area contributed by atoms with Crippen molar-refractivity contribution in [1.29, 1.82) is 0 Å². The second-order valence-electron chi connectivity index (χ2n) is 5.58. The van der Waals surface area contributed by atoms with Gasteiger partial charge < -0.3 is 10.7 Å². The fourth-order valence-corrected chi connectivity index (χ4v) is 2.58. The number of nitrogens with zero attached hydrogens (tertiary/aromatic N) is 1. The molecule has 2 aromatic carbocycles. The second-order valence-corrected chi connectivity index (χ2v) is 5.58. The summed E-state index contributed by atoms with van der Waals surface area (Å²) < 4.78 is 0. The predicted octanol–water partition coefficient (Wildman–Crippen LogP) is 4.33. The molecule has 0 saturated heterocycles. The Morgan fingerprint density at radius 1 is 1.14 bits per heavy atom. The molecule has 0 aliphatic carbocycles. The molecule has 0 saturated carbocycles. The fourth-order valence-electron chi connectivity index (χ4n) is 2.58. The lowest BCUT2D eigenvalue weighted by molar-refractivity contribution is 0.873. The van der Waals surface area contributed by atoms with Gasteiger partial charge in [-0.05, 0) is 40.3 Å². The molecule has 0 unspecified atom stereocenters. The molecule has 3 N–H and O–H groups in total. The van der Waals surface area contributed by atoms with Crippen LogP contribution in [0.3, 0.4) is 0 Å². The van der Waals surface area contributed by atoms with E-state index in [-0.39, 0.29) is 0 Å². The number of H-pyrrole nitrogens is 1. The first-order chi connectivity index (χ1) is 10.1. The van der Waals surface area contributed by atoms with Crippen LogP contribution in [0.4, 0.5) is 5.95 Å². The van der Waals surface area contributed by atoms with Gasteiger partial charge in [0.2, 0.25) is 0 Å². The van der Waals surface area contributed by atoms with Crippen molar-refractivity contribution in [1.82, 2.24) is 9.97 Å². The third-order valence-corrected chi connectivity index (χ3v) is 3.73. The number of rotatable bonds is 3. The molecule has 3 rings (SSSR count). The molecule has 0 atom stereocenters. The normalized spacial score (nSPS) is 11.2. The van der Waals surface area contributed by atoms with Gasteiger partial charge >= 0.3 is 0 Å². The van der Waals surface area contributed by atoms with Crippen molar-refractivity contribution in [2.45, 2.75) is 19.8 Å². The van der Waals surface area contributed by atoms with E-state index in [1.165, 1.54) is 5.56 Å². The fraction of sp³-hybridized carbons (Fsp3) is 0.167. The van der Waals surface area contributed by atoms with Crippen molar-refractivity contribution in [3.63, 3.8) is 0 Å². The van der Waals surface area contributed by atoms with Gasteiger partial charge in [0.25, 0.3) is 0 Å². The van der Waals surface area contributed by atoms with Gasteiger partial charge in [-0.15, -0.1) is 0 Å². The highest BCUT2D eigenvalue weighted by atomic mass is 15.0. The van der Waals surface area contributed by atoms with Crippen LogP contribution >= 0.6 is 0 Å². The van der Waals surface area contributed by atoms with E-state index < -0.39 is 0 Å². The predicted molar refractivity (Wildman–Crippen MR) is 89.2 cm³/mol. The van der Waals surface area contributed by atoms with Crippen LogP contribution in [0.15, 0.2) is 49.0 Å². The Kier molecular flexibility index (Phi) is 3.26. The number of imidazole rings is 1. The number of aromatic nitrogens is 2. The summed E-state index contributed by atoms with van der Waals surface area (Å²) in [6.07, 6.45) is 0. The Labute approximate surface area is 124 Å². The van der Waals surface area contributed by atoms with Crippen molar-refractivity contribution in [2.24, 2.45) is 0 Å². The molecule has 0 aliphatic heterocycles. The van der Waals surface area contributed by atoms with Gasteiger partial charge in [-0.3, -0.25) is 0 Å². The summed E-state index contributed by atoms with van der Waals surface area (Å²) >= 11 is 0. The van der Waals surface area contributed by atoms with Crippen molar-refractivity contribution in [3.05, 3.63) is 65.7 Å². The highest BCUT2D eigenvalue weighted by Crippen LogP contribution is 2.31. The van der Waals surface area contributed by atoms with E-state index in [2.05, 4.69) is 54.7 Å². The third kappa shape index (κ3) is 2.42. The molecule has 0 fully saturated rings. The van der Waals surface area contributed by atoms with Crippen LogP contribution in [-0.4, -0.2) is 9.97 Å². The van der Waals surface area contributed by atoms with Gasteiger partial charge in [0.05, 0.1) is 11.0 Å². The zero-order valence-corrected chi connectivity index (χ0v) is 12.4. The summed E-state index contributed by atoms with van der Waals surface area (Å²) in [6.45, 7) is 8.57. The Morgan fingerprint density at radius 2 is 1.86 bits per heavy atom. The Bertz CT molecular complexity index is 798. The number of benzene rings is 2. The van der Waals surface area contributed by atoms with Gasteiger partial charge in [0.1, 0.15) is 0 Å². The molecule has 3 heteroatoms. The van der Waals surface area contributed by atoms with Crippen LogP contribution < -0.4 is 5.73 Å². The topological polar surface area (TPSA) is 54.7 Å². The Balaban J connectivity index is 2.17. The SMILES string of the molecule is C=C(c1ccccc1)c1cc(C(C)C)c2nc(N)[nH]c2c1. The zero-order valence-electron chi connectivity index (χ0n) is 12.4. The highest BCUT2D eigenvalue weighted by molar-refractivity contribution is 5.88. The first-order valence-electron chi connectivity index (χ1n) is 7.10. The van der Waals surface area contributed by atoms with E-state index in [9.17, 15) is 0 Å². The molecule has 0 spiro atoms. The minimum Gasteiger partial charge on any atom is -0.369 e. The van der Waals surface area contributed by atoms with Gasteiger partial charge in [-0.2, -0.15) is 0 Å². The molecule has 0 aliphatic rings. The summed E-state index contributed by atoms with van der Waals surface area (Å²) in [4.78, 5) is 7.53. The Hall–Kier alpha value is -2.55. The molecule has 3 aromatic rings. The lowest BCUT2D eigenvalue weighted by atomic mass is 9.93. The monoisotopic (exact) mass is 277 g/mol. The molecule has 1 aromatic heterocycles. The van der Waals surface area contributed by atoms with E-state index in [1.807, 2.05) is 18.2 Å². The number of hydrogen-bond donors (Lipinski definition) is 2. The minimum atomic E-state index is 0.374. The van der Waals surface area contributed by atoms with Gasteiger partial charge in [-0.25, -0.2) is 4.98 Å². The number of nitrogens with two attached hydrogens (primary N) is 1. The molecule has 106 valence electrons. The largest absolute Gasteiger partial charge is 0.369 e. The molecule has 0 radical (unpaired) electrons. The van der Waals surface area contributed by atoms with E-state index in [0.717, 1.165) is 27.7 Å². The molecule has 1 heterocycles. The van der Waals surface area contributed by atoms with E-state index in [4.69, 9.17) is 5.73 Å². The molecule has 21 heavy (non-hydrogen) atoms. The molecule has 3 nitrogen and oxygen atoms in total. The highest BCUT2D eigenvalue weighted by Gasteiger charge is 2.13. The molecular weight excluding hydrogens is 258 g/mol. The van der Waals surface area contributed by atoms with E-state index >= 15 is 0 Å². The average Bonchev–Trinajstić information content (AvgIpc) is 2.86. The minimum absolute atomic E-state index is 0.374. The summed E-state index contributed by atoms with van der Waals surface area (Å²) in [6, 6.07) is 14.4. The molecule has 0 amide bonds. The van der Waals surface area contributed by atoms with Gasteiger partial charge in [0.15, 0.2) is 5.95 Å². The number of nitrogen functional groups attached to an aromatic ring is 1. The summed E-state index contributed by atoms with van der Waals surface area (Å²) in [5, 5.41) is 0. The lowest BCUT2D eigenvalue weighted by Gasteiger charge is -2.12. The summed E-state index contributed by atoms with van der Waals surface area (Å²) in [5.41, 5.74) is 12.1. The zero-order chi connectivity index (χ0) is 15.0. The van der Waals surface area contributed by atoms with Crippen LogP contribution in [0.25, 0.3) is 16.6 Å². The first kappa shape index (κ1) is 13.4. The first-order valence-corrected chi connectivity index (χ1v) is 7.10. The number of hydrogen-bond acceptors (Lipinski definition) is 2. The number of nitrogens with one attached hydrogen (secondary N) is 1. The van der Waals surface area contributed by atoms with Crippen LogP contribution in [0.1, 0.15) is 36.5 Å². The molecular formula is C18H19N3. The quantitative estimate of drug-likeness (QED) is 0.748. The van der Waals surface area contributed by atoms with Crippen molar-refractivity contribution < 1.29 is 0 Å². The molecule has 0 bridgehead atoms. The van der Waals surface area contributed by atoms with Crippen molar-refractivity contribution >= 4 is 22.6 Å². The average molecular weight is 277 g/mol. The number of anilines is 1. The van der Waals surface area contributed by atoms with Crippen molar-refractivity contribution in [3.8, 4) is 0 Å². The number of fused-ring (bicyclic) bond motifs is 1. The maximum Gasteiger partial charge on any atom is 0.198 e. The summed E-state index contributed by atoms with van der Waals surface area (Å²) in [5.74, 6) is 0.827.